The summed E-state index contributed by atoms with van der Waals surface area (Å²) in [6.07, 6.45) is 0. The molecule has 27 heavy (non-hydrogen) atoms. The number of carbonyl (C=O) groups is 3. The standard InChI is InChI=1S/C22H17NO4/c1-14(24)15-10-12-16(13-11-15)23-21(25)19-8-4-2-6-17(19)18-7-3-5-9-20(18)22(26)27/h2-13H,1H3,(H,23,25)(H,26,27). The molecular formula is C22H17NO4. The van der Waals surface area contributed by atoms with Gasteiger partial charge in [0.05, 0.1) is 5.56 Å². The van der Waals surface area contributed by atoms with Crippen LogP contribution in [0.3, 0.4) is 0 Å². The van der Waals surface area contributed by atoms with E-state index in [0.717, 1.165) is 0 Å². The Balaban J connectivity index is 1.95. The van der Waals surface area contributed by atoms with Gasteiger partial charge in [-0.15, -0.1) is 0 Å². The third kappa shape index (κ3) is 3.93. The molecule has 0 spiro atoms. The number of benzene rings is 3. The maximum atomic E-state index is 12.8. The van der Waals surface area contributed by atoms with Gasteiger partial charge in [-0.2, -0.15) is 0 Å². The molecule has 134 valence electrons. The summed E-state index contributed by atoms with van der Waals surface area (Å²) in [6, 6.07) is 20.0. The lowest BCUT2D eigenvalue weighted by atomic mass is 9.95. The molecule has 5 heteroatoms. The summed E-state index contributed by atoms with van der Waals surface area (Å²) >= 11 is 0. The van der Waals surface area contributed by atoms with Crippen LogP contribution < -0.4 is 5.32 Å². The van der Waals surface area contributed by atoms with E-state index in [1.165, 1.54) is 13.0 Å². The van der Waals surface area contributed by atoms with E-state index in [1.807, 2.05) is 0 Å². The minimum Gasteiger partial charge on any atom is -0.478 e. The summed E-state index contributed by atoms with van der Waals surface area (Å²) in [4.78, 5) is 35.7. The van der Waals surface area contributed by atoms with E-state index in [9.17, 15) is 19.5 Å². The molecule has 0 heterocycles. The van der Waals surface area contributed by atoms with Crippen molar-refractivity contribution in [2.75, 3.05) is 5.32 Å². The zero-order valence-electron chi connectivity index (χ0n) is 14.6. The zero-order chi connectivity index (χ0) is 19.4. The highest BCUT2D eigenvalue weighted by Crippen LogP contribution is 2.28. The van der Waals surface area contributed by atoms with Crippen LogP contribution in [0.4, 0.5) is 5.69 Å². The van der Waals surface area contributed by atoms with Crippen molar-refractivity contribution in [3.8, 4) is 11.1 Å². The average molecular weight is 359 g/mol. The second-order valence-electron chi connectivity index (χ2n) is 5.98. The molecule has 0 saturated heterocycles. The average Bonchev–Trinajstić information content (AvgIpc) is 2.68. The summed E-state index contributed by atoms with van der Waals surface area (Å²) in [5.41, 5.74) is 2.61. The van der Waals surface area contributed by atoms with E-state index in [4.69, 9.17) is 0 Å². The van der Waals surface area contributed by atoms with Crippen molar-refractivity contribution in [3.63, 3.8) is 0 Å². The van der Waals surface area contributed by atoms with Crippen molar-refractivity contribution in [1.82, 2.24) is 0 Å². The number of Topliss-reactive ketones (excluding diaryl/α,β-unsaturated/α-hetero) is 1. The van der Waals surface area contributed by atoms with Gasteiger partial charge in [0, 0.05) is 16.8 Å². The van der Waals surface area contributed by atoms with Gasteiger partial charge in [-0.3, -0.25) is 9.59 Å². The van der Waals surface area contributed by atoms with Gasteiger partial charge in [-0.1, -0.05) is 36.4 Å². The molecular weight excluding hydrogens is 342 g/mol. The second-order valence-corrected chi connectivity index (χ2v) is 5.98. The van der Waals surface area contributed by atoms with Crippen molar-refractivity contribution < 1.29 is 19.5 Å². The minimum absolute atomic E-state index is 0.0523. The smallest absolute Gasteiger partial charge is 0.336 e. The molecule has 1 amide bonds. The number of ketones is 1. The first kappa shape index (κ1) is 18.1. The van der Waals surface area contributed by atoms with Gasteiger partial charge in [-0.05, 0) is 54.4 Å². The van der Waals surface area contributed by atoms with Gasteiger partial charge in [0.15, 0.2) is 5.78 Å². The maximum absolute atomic E-state index is 12.8. The Kier molecular flexibility index (Phi) is 5.13. The molecule has 0 aromatic heterocycles. The summed E-state index contributed by atoms with van der Waals surface area (Å²) in [5, 5.41) is 12.2. The molecule has 0 aliphatic rings. The molecule has 0 unspecified atom stereocenters. The van der Waals surface area contributed by atoms with E-state index in [2.05, 4.69) is 5.32 Å². The lowest BCUT2D eigenvalue weighted by Gasteiger charge is -2.12. The van der Waals surface area contributed by atoms with Crippen molar-refractivity contribution in [3.05, 3.63) is 89.5 Å². The predicted molar refractivity (Wildman–Crippen MR) is 103 cm³/mol. The van der Waals surface area contributed by atoms with E-state index in [-0.39, 0.29) is 17.3 Å². The number of carboxylic acid groups (broad SMARTS) is 1. The lowest BCUT2D eigenvalue weighted by Crippen LogP contribution is -2.14. The van der Waals surface area contributed by atoms with Crippen LogP contribution in [0, 0.1) is 0 Å². The molecule has 2 N–H and O–H groups in total. The van der Waals surface area contributed by atoms with Crippen molar-refractivity contribution in [2.24, 2.45) is 0 Å². The fraction of sp³-hybridized carbons (Fsp3) is 0.0455. The molecule has 0 aliphatic heterocycles. The molecule has 3 aromatic carbocycles. The first-order valence-corrected chi connectivity index (χ1v) is 8.31. The Morgan fingerprint density at radius 3 is 1.81 bits per heavy atom. The molecule has 3 aromatic rings. The molecule has 0 aliphatic carbocycles. The van der Waals surface area contributed by atoms with Crippen LogP contribution in [-0.2, 0) is 0 Å². The van der Waals surface area contributed by atoms with Crippen LogP contribution in [0.5, 0.6) is 0 Å². The number of anilines is 1. The Bertz CT molecular complexity index is 1020. The predicted octanol–water partition coefficient (Wildman–Crippen LogP) is 4.51. The van der Waals surface area contributed by atoms with Crippen LogP contribution in [0.15, 0.2) is 72.8 Å². The summed E-state index contributed by atoms with van der Waals surface area (Å²) < 4.78 is 0. The van der Waals surface area contributed by atoms with Gasteiger partial charge in [0.2, 0.25) is 0 Å². The van der Waals surface area contributed by atoms with E-state index in [0.29, 0.717) is 27.9 Å². The molecule has 3 rings (SSSR count). The van der Waals surface area contributed by atoms with Crippen molar-refractivity contribution in [1.29, 1.82) is 0 Å². The second kappa shape index (κ2) is 7.66. The van der Waals surface area contributed by atoms with Gasteiger partial charge in [-0.25, -0.2) is 4.79 Å². The number of amides is 1. The molecule has 0 fully saturated rings. The number of carbonyl (C=O) groups excluding carboxylic acids is 2. The summed E-state index contributed by atoms with van der Waals surface area (Å²) in [6.45, 7) is 1.48. The van der Waals surface area contributed by atoms with Gasteiger partial charge in [0.1, 0.15) is 0 Å². The third-order valence-electron chi connectivity index (χ3n) is 4.17. The number of carboxylic acids is 1. The first-order valence-electron chi connectivity index (χ1n) is 8.31. The van der Waals surface area contributed by atoms with Crippen LogP contribution >= 0.6 is 0 Å². The fourth-order valence-electron chi connectivity index (χ4n) is 2.81. The lowest BCUT2D eigenvalue weighted by molar-refractivity contribution is 0.0697. The first-order chi connectivity index (χ1) is 13.0. The maximum Gasteiger partial charge on any atom is 0.336 e. The highest BCUT2D eigenvalue weighted by Gasteiger charge is 2.17. The molecule has 0 atom stereocenters. The van der Waals surface area contributed by atoms with Gasteiger partial charge >= 0.3 is 5.97 Å². The minimum atomic E-state index is -1.05. The van der Waals surface area contributed by atoms with Crippen LogP contribution in [0.1, 0.15) is 38.0 Å². The highest BCUT2D eigenvalue weighted by molar-refractivity contribution is 6.10. The topological polar surface area (TPSA) is 83.5 Å². The number of aromatic carboxylic acids is 1. The quantitative estimate of drug-likeness (QED) is 0.657. The SMILES string of the molecule is CC(=O)c1ccc(NC(=O)c2ccccc2-c2ccccc2C(=O)O)cc1. The highest BCUT2D eigenvalue weighted by atomic mass is 16.4. The number of hydrogen-bond acceptors (Lipinski definition) is 3. The summed E-state index contributed by atoms with van der Waals surface area (Å²) in [5.74, 6) is -1.47. The van der Waals surface area contributed by atoms with E-state index < -0.39 is 5.97 Å². The number of rotatable bonds is 5. The Morgan fingerprint density at radius 2 is 1.26 bits per heavy atom. The number of nitrogens with one attached hydrogen (secondary N) is 1. The molecule has 0 bridgehead atoms. The van der Waals surface area contributed by atoms with Crippen LogP contribution in [-0.4, -0.2) is 22.8 Å². The number of hydrogen-bond donors (Lipinski definition) is 2. The molecule has 0 saturated carbocycles. The van der Waals surface area contributed by atoms with Gasteiger partial charge in [0.25, 0.3) is 5.91 Å². The van der Waals surface area contributed by atoms with Crippen LogP contribution in [0.2, 0.25) is 0 Å². The Morgan fingerprint density at radius 1 is 0.741 bits per heavy atom. The normalized spacial score (nSPS) is 10.3. The van der Waals surface area contributed by atoms with E-state index in [1.54, 1.807) is 66.7 Å². The molecule has 5 nitrogen and oxygen atoms in total. The van der Waals surface area contributed by atoms with Crippen LogP contribution in [0.25, 0.3) is 11.1 Å². The summed E-state index contributed by atoms with van der Waals surface area (Å²) in [7, 11) is 0. The monoisotopic (exact) mass is 359 g/mol. The Labute approximate surface area is 156 Å². The van der Waals surface area contributed by atoms with Gasteiger partial charge < -0.3 is 10.4 Å². The largest absolute Gasteiger partial charge is 0.478 e. The van der Waals surface area contributed by atoms with E-state index >= 15 is 0 Å². The fourth-order valence-corrected chi connectivity index (χ4v) is 2.81. The van der Waals surface area contributed by atoms with Crippen molar-refractivity contribution >= 4 is 23.3 Å². The Hall–Kier alpha value is -3.73. The van der Waals surface area contributed by atoms with Crippen molar-refractivity contribution in [2.45, 2.75) is 6.92 Å². The zero-order valence-corrected chi connectivity index (χ0v) is 14.6. The third-order valence-corrected chi connectivity index (χ3v) is 4.17. The molecule has 0 radical (unpaired) electrons.